The van der Waals surface area contributed by atoms with Gasteiger partial charge in [-0.05, 0) is 37.2 Å². The normalized spacial score (nSPS) is 17.4. The first-order valence-electron chi connectivity index (χ1n) is 7.41. The van der Waals surface area contributed by atoms with E-state index < -0.39 is 0 Å². The van der Waals surface area contributed by atoms with Crippen molar-refractivity contribution >= 4 is 0 Å². The van der Waals surface area contributed by atoms with E-state index in [1.165, 1.54) is 43.1 Å². The van der Waals surface area contributed by atoms with Crippen LogP contribution in [0.25, 0.3) is 0 Å². The van der Waals surface area contributed by atoms with E-state index in [1.807, 2.05) is 0 Å². The molecule has 0 spiro atoms. The molecule has 0 unspecified atom stereocenters. The third kappa shape index (κ3) is 2.45. The summed E-state index contributed by atoms with van der Waals surface area (Å²) in [7, 11) is 0. The fourth-order valence-electron chi connectivity index (χ4n) is 3.43. The molecule has 20 heavy (non-hydrogen) atoms. The number of nitrogens with zero attached hydrogens (tertiary/aromatic N) is 1. The predicted molar refractivity (Wildman–Crippen MR) is 78.9 cm³/mol. The average Bonchev–Trinajstić information content (AvgIpc) is 3.07. The van der Waals surface area contributed by atoms with Crippen LogP contribution in [0.1, 0.15) is 43.2 Å². The van der Waals surface area contributed by atoms with E-state index in [0.29, 0.717) is 0 Å². The van der Waals surface area contributed by atoms with Crippen LogP contribution in [0, 0.1) is 6.92 Å². The second-order valence-electron chi connectivity index (χ2n) is 5.97. The number of hydrogen-bond donors (Lipinski definition) is 0. The van der Waals surface area contributed by atoms with Crippen molar-refractivity contribution in [3.05, 3.63) is 58.4 Å². The summed E-state index contributed by atoms with van der Waals surface area (Å²) < 4.78 is 6.52. The van der Waals surface area contributed by atoms with Crippen LogP contribution < -0.4 is 5.76 Å². The van der Waals surface area contributed by atoms with Gasteiger partial charge in [0.2, 0.25) is 0 Å². The summed E-state index contributed by atoms with van der Waals surface area (Å²) in [6.45, 7) is 2.86. The van der Waals surface area contributed by atoms with Gasteiger partial charge in [-0.15, -0.1) is 0 Å². The molecule has 2 aromatic rings. The van der Waals surface area contributed by atoms with Crippen LogP contribution in [0.4, 0.5) is 0 Å². The van der Waals surface area contributed by atoms with Crippen molar-refractivity contribution in [1.82, 2.24) is 4.57 Å². The first-order chi connectivity index (χ1) is 9.70. The number of aryl methyl sites for hydroxylation is 2. The zero-order chi connectivity index (χ0) is 14.0. The molecule has 1 aliphatic rings. The average molecular weight is 271 g/mol. The van der Waals surface area contributed by atoms with E-state index >= 15 is 0 Å². The van der Waals surface area contributed by atoms with Crippen molar-refractivity contribution in [2.45, 2.75) is 51.0 Å². The van der Waals surface area contributed by atoms with Crippen LogP contribution in [-0.2, 0) is 12.0 Å². The number of oxazole rings is 1. The van der Waals surface area contributed by atoms with Gasteiger partial charge in [0.05, 0.1) is 0 Å². The van der Waals surface area contributed by atoms with Gasteiger partial charge in [0.15, 0.2) is 0 Å². The SMILES string of the molecule is Cc1ccc(C2(CCn3ccoc3=O)CCCC2)cc1. The molecule has 0 atom stereocenters. The minimum Gasteiger partial charge on any atom is -0.416 e. The molecule has 0 bridgehead atoms. The lowest BCUT2D eigenvalue weighted by molar-refractivity contribution is 0.364. The van der Waals surface area contributed by atoms with Gasteiger partial charge in [0.25, 0.3) is 0 Å². The van der Waals surface area contributed by atoms with Crippen LogP contribution in [0.3, 0.4) is 0 Å². The van der Waals surface area contributed by atoms with Gasteiger partial charge >= 0.3 is 5.76 Å². The standard InChI is InChI=1S/C17H21NO2/c1-14-4-6-15(7-5-14)17(8-2-3-9-17)10-11-18-12-13-20-16(18)19/h4-7,12-13H,2-3,8-11H2,1H3. The van der Waals surface area contributed by atoms with Crippen molar-refractivity contribution in [2.75, 3.05) is 0 Å². The van der Waals surface area contributed by atoms with Crippen molar-refractivity contribution in [2.24, 2.45) is 0 Å². The van der Waals surface area contributed by atoms with Gasteiger partial charge in [0, 0.05) is 12.7 Å². The third-order valence-corrected chi connectivity index (χ3v) is 4.70. The summed E-state index contributed by atoms with van der Waals surface area (Å²) in [5.41, 5.74) is 2.97. The molecular formula is C17H21NO2. The molecule has 3 heteroatoms. The highest BCUT2D eigenvalue weighted by molar-refractivity contribution is 5.29. The summed E-state index contributed by atoms with van der Waals surface area (Å²) in [6, 6.07) is 8.91. The van der Waals surface area contributed by atoms with Crippen molar-refractivity contribution in [3.63, 3.8) is 0 Å². The monoisotopic (exact) mass is 271 g/mol. The summed E-state index contributed by atoms with van der Waals surface area (Å²) in [6.07, 6.45) is 9.23. The Bertz CT molecular complexity index is 615. The lowest BCUT2D eigenvalue weighted by Gasteiger charge is -2.30. The first kappa shape index (κ1) is 13.2. The molecule has 0 aliphatic heterocycles. The third-order valence-electron chi connectivity index (χ3n) is 4.70. The highest BCUT2D eigenvalue weighted by Crippen LogP contribution is 2.44. The Labute approximate surface area is 119 Å². The number of benzene rings is 1. The Hall–Kier alpha value is -1.77. The summed E-state index contributed by atoms with van der Waals surface area (Å²) >= 11 is 0. The van der Waals surface area contributed by atoms with Gasteiger partial charge in [0.1, 0.15) is 6.26 Å². The minimum absolute atomic E-state index is 0.240. The minimum atomic E-state index is -0.248. The Morgan fingerprint density at radius 3 is 2.50 bits per heavy atom. The topological polar surface area (TPSA) is 35.1 Å². The van der Waals surface area contributed by atoms with E-state index in [1.54, 1.807) is 10.8 Å². The van der Waals surface area contributed by atoms with Gasteiger partial charge in [-0.1, -0.05) is 42.7 Å². The molecule has 1 aliphatic carbocycles. The molecule has 1 aromatic heterocycles. The molecule has 0 N–H and O–H groups in total. The Balaban J connectivity index is 1.83. The zero-order valence-corrected chi connectivity index (χ0v) is 12.0. The molecule has 3 nitrogen and oxygen atoms in total. The molecule has 1 aromatic carbocycles. The van der Waals surface area contributed by atoms with Gasteiger partial charge in [-0.25, -0.2) is 4.79 Å². The lowest BCUT2D eigenvalue weighted by atomic mass is 9.76. The Morgan fingerprint density at radius 2 is 1.90 bits per heavy atom. The number of hydrogen-bond acceptors (Lipinski definition) is 2. The van der Waals surface area contributed by atoms with Crippen LogP contribution >= 0.6 is 0 Å². The van der Waals surface area contributed by atoms with E-state index in [9.17, 15) is 4.79 Å². The van der Waals surface area contributed by atoms with Crippen molar-refractivity contribution < 1.29 is 4.42 Å². The fourth-order valence-corrected chi connectivity index (χ4v) is 3.43. The molecule has 1 saturated carbocycles. The molecule has 106 valence electrons. The maximum atomic E-state index is 11.5. The van der Waals surface area contributed by atoms with Crippen molar-refractivity contribution in [1.29, 1.82) is 0 Å². The van der Waals surface area contributed by atoms with Crippen LogP contribution in [0.2, 0.25) is 0 Å². The predicted octanol–water partition coefficient (Wildman–Crippen LogP) is 3.65. The lowest BCUT2D eigenvalue weighted by Crippen LogP contribution is -2.26. The van der Waals surface area contributed by atoms with Gasteiger partial charge < -0.3 is 4.42 Å². The molecular weight excluding hydrogens is 250 g/mol. The van der Waals surface area contributed by atoms with E-state index in [2.05, 4.69) is 31.2 Å². The maximum absolute atomic E-state index is 11.5. The second-order valence-corrected chi connectivity index (χ2v) is 5.97. The quantitative estimate of drug-likeness (QED) is 0.850. The highest BCUT2D eigenvalue weighted by atomic mass is 16.4. The molecule has 0 saturated heterocycles. The van der Waals surface area contributed by atoms with Crippen LogP contribution in [0.15, 0.2) is 45.9 Å². The van der Waals surface area contributed by atoms with Crippen molar-refractivity contribution in [3.8, 4) is 0 Å². The van der Waals surface area contributed by atoms with Gasteiger partial charge in [-0.2, -0.15) is 0 Å². The van der Waals surface area contributed by atoms with Gasteiger partial charge in [-0.3, -0.25) is 4.57 Å². The largest absolute Gasteiger partial charge is 0.418 e. The molecule has 0 radical (unpaired) electrons. The number of aromatic nitrogens is 1. The Kier molecular flexibility index (Phi) is 3.51. The smallest absolute Gasteiger partial charge is 0.416 e. The zero-order valence-electron chi connectivity index (χ0n) is 12.0. The van der Waals surface area contributed by atoms with E-state index in [-0.39, 0.29) is 11.2 Å². The molecule has 0 amide bonds. The molecule has 1 fully saturated rings. The second kappa shape index (κ2) is 5.31. The van der Waals surface area contributed by atoms with Crippen LogP contribution in [0.5, 0.6) is 0 Å². The molecule has 1 heterocycles. The summed E-state index contributed by atoms with van der Waals surface area (Å²) in [5.74, 6) is -0.248. The number of rotatable bonds is 4. The first-order valence-corrected chi connectivity index (χ1v) is 7.41. The summed E-state index contributed by atoms with van der Waals surface area (Å²) in [4.78, 5) is 11.5. The summed E-state index contributed by atoms with van der Waals surface area (Å²) in [5, 5.41) is 0. The Morgan fingerprint density at radius 1 is 1.20 bits per heavy atom. The highest BCUT2D eigenvalue weighted by Gasteiger charge is 2.35. The van der Waals surface area contributed by atoms with Crippen LogP contribution in [-0.4, -0.2) is 4.57 Å². The van der Waals surface area contributed by atoms with E-state index in [4.69, 9.17) is 4.42 Å². The molecule has 3 rings (SSSR count). The fraction of sp³-hybridized carbons (Fsp3) is 0.471. The van der Waals surface area contributed by atoms with E-state index in [0.717, 1.165) is 13.0 Å². The maximum Gasteiger partial charge on any atom is 0.418 e.